The van der Waals surface area contributed by atoms with Crippen LogP contribution in [0.3, 0.4) is 0 Å². The number of likely N-dealkylation sites (tertiary alicyclic amines) is 1. The molecule has 1 aromatic carbocycles. The van der Waals surface area contributed by atoms with E-state index in [9.17, 15) is 0 Å². The molecule has 94 valence electrons. The van der Waals surface area contributed by atoms with Crippen molar-refractivity contribution in [2.24, 2.45) is 5.73 Å². The number of piperidine rings is 1. The van der Waals surface area contributed by atoms with Gasteiger partial charge in [-0.25, -0.2) is 0 Å². The number of hydrogen-bond donors (Lipinski definition) is 1. The van der Waals surface area contributed by atoms with Crippen molar-refractivity contribution in [3.8, 4) is 5.75 Å². The third kappa shape index (κ3) is 3.12. The normalized spacial score (nSPS) is 18.3. The van der Waals surface area contributed by atoms with Crippen LogP contribution in [-0.4, -0.2) is 31.1 Å². The first kappa shape index (κ1) is 12.7. The monoisotopic (exact) mass is 254 g/mol. The van der Waals surface area contributed by atoms with Crippen LogP contribution in [0.2, 0.25) is 5.02 Å². The summed E-state index contributed by atoms with van der Waals surface area (Å²) in [6.45, 7) is 2.98. The van der Waals surface area contributed by atoms with Gasteiger partial charge >= 0.3 is 0 Å². The van der Waals surface area contributed by atoms with Crippen LogP contribution in [0.25, 0.3) is 0 Å². The molecule has 1 heterocycles. The number of halogens is 1. The molecule has 0 aromatic heterocycles. The van der Waals surface area contributed by atoms with E-state index in [1.807, 2.05) is 12.1 Å². The Balaban J connectivity index is 2.03. The quantitative estimate of drug-likeness (QED) is 0.899. The van der Waals surface area contributed by atoms with E-state index in [0.29, 0.717) is 6.04 Å². The summed E-state index contributed by atoms with van der Waals surface area (Å²) >= 11 is 6.28. The summed E-state index contributed by atoms with van der Waals surface area (Å²) in [6.07, 6.45) is 2.14. The largest absolute Gasteiger partial charge is 0.495 e. The van der Waals surface area contributed by atoms with Gasteiger partial charge in [0.1, 0.15) is 5.75 Å². The molecule has 4 heteroatoms. The molecule has 3 nitrogen and oxygen atoms in total. The van der Waals surface area contributed by atoms with Gasteiger partial charge in [-0.05, 0) is 37.6 Å². The Morgan fingerprint density at radius 1 is 1.41 bits per heavy atom. The second-order valence-electron chi connectivity index (χ2n) is 4.55. The van der Waals surface area contributed by atoms with Crippen molar-refractivity contribution in [1.82, 2.24) is 4.90 Å². The van der Waals surface area contributed by atoms with Crippen LogP contribution in [0.4, 0.5) is 0 Å². The highest BCUT2D eigenvalue weighted by molar-refractivity contribution is 6.32. The highest BCUT2D eigenvalue weighted by Gasteiger charge is 2.17. The van der Waals surface area contributed by atoms with Crippen LogP contribution in [0.5, 0.6) is 5.75 Å². The summed E-state index contributed by atoms with van der Waals surface area (Å²) in [5.74, 6) is 0.748. The van der Waals surface area contributed by atoms with Crippen LogP contribution >= 0.6 is 11.6 Å². The summed E-state index contributed by atoms with van der Waals surface area (Å²) in [5, 5.41) is 0.727. The molecule has 0 aliphatic carbocycles. The third-order valence-corrected chi connectivity index (χ3v) is 3.72. The summed E-state index contributed by atoms with van der Waals surface area (Å²) in [6, 6.07) is 6.29. The van der Waals surface area contributed by atoms with E-state index in [1.54, 1.807) is 7.11 Å². The van der Waals surface area contributed by atoms with Crippen LogP contribution in [0, 0.1) is 0 Å². The van der Waals surface area contributed by atoms with Crippen molar-refractivity contribution < 1.29 is 4.74 Å². The van der Waals surface area contributed by atoms with Gasteiger partial charge in [0.05, 0.1) is 12.1 Å². The fourth-order valence-electron chi connectivity index (χ4n) is 2.19. The maximum Gasteiger partial charge on any atom is 0.137 e. The predicted octanol–water partition coefficient (Wildman–Crippen LogP) is 2.27. The van der Waals surface area contributed by atoms with Gasteiger partial charge in [0.2, 0.25) is 0 Å². The van der Waals surface area contributed by atoms with Crippen molar-refractivity contribution in [3.05, 3.63) is 28.8 Å². The summed E-state index contributed by atoms with van der Waals surface area (Å²) in [5.41, 5.74) is 7.02. The SMILES string of the molecule is COc1cccc(CN2CCC(N)CC2)c1Cl. The van der Waals surface area contributed by atoms with Crippen LogP contribution < -0.4 is 10.5 Å². The number of methoxy groups -OCH3 is 1. The highest BCUT2D eigenvalue weighted by Crippen LogP contribution is 2.29. The minimum atomic E-state index is 0.368. The average molecular weight is 255 g/mol. The van der Waals surface area contributed by atoms with Crippen molar-refractivity contribution in [2.45, 2.75) is 25.4 Å². The Labute approximate surface area is 107 Å². The number of ether oxygens (including phenoxy) is 1. The van der Waals surface area contributed by atoms with Crippen LogP contribution in [0.15, 0.2) is 18.2 Å². The van der Waals surface area contributed by atoms with Gasteiger partial charge in [-0.3, -0.25) is 4.90 Å². The molecule has 0 saturated carbocycles. The van der Waals surface area contributed by atoms with Gasteiger partial charge in [-0.2, -0.15) is 0 Å². The van der Waals surface area contributed by atoms with Crippen molar-refractivity contribution in [3.63, 3.8) is 0 Å². The van der Waals surface area contributed by atoms with E-state index in [4.69, 9.17) is 22.1 Å². The van der Waals surface area contributed by atoms with Gasteiger partial charge in [-0.15, -0.1) is 0 Å². The Kier molecular flexibility index (Phi) is 4.26. The van der Waals surface area contributed by atoms with Gasteiger partial charge in [0.25, 0.3) is 0 Å². The number of benzene rings is 1. The summed E-state index contributed by atoms with van der Waals surface area (Å²) < 4.78 is 5.22. The average Bonchev–Trinajstić information content (AvgIpc) is 2.35. The third-order valence-electron chi connectivity index (χ3n) is 3.29. The molecule has 0 spiro atoms. The number of hydrogen-bond acceptors (Lipinski definition) is 3. The van der Waals surface area contributed by atoms with Crippen molar-refractivity contribution in [2.75, 3.05) is 20.2 Å². The molecule has 1 aromatic rings. The van der Waals surface area contributed by atoms with E-state index in [0.717, 1.165) is 48.8 Å². The second kappa shape index (κ2) is 5.71. The number of nitrogens with two attached hydrogens (primary N) is 1. The molecule has 0 radical (unpaired) electrons. The zero-order valence-electron chi connectivity index (χ0n) is 10.2. The van der Waals surface area contributed by atoms with Gasteiger partial charge in [0.15, 0.2) is 0 Å². The lowest BCUT2D eigenvalue weighted by atomic mass is 10.1. The first-order chi connectivity index (χ1) is 8.20. The van der Waals surface area contributed by atoms with Gasteiger partial charge in [-0.1, -0.05) is 23.7 Å². The molecular formula is C13H19ClN2O. The molecule has 2 rings (SSSR count). The molecule has 0 amide bonds. The van der Waals surface area contributed by atoms with Crippen LogP contribution in [0.1, 0.15) is 18.4 Å². The van der Waals surface area contributed by atoms with E-state index in [1.165, 1.54) is 0 Å². The first-order valence-corrected chi connectivity index (χ1v) is 6.38. The minimum Gasteiger partial charge on any atom is -0.495 e. The van der Waals surface area contributed by atoms with Gasteiger partial charge in [0, 0.05) is 12.6 Å². The molecule has 0 atom stereocenters. The van der Waals surface area contributed by atoms with E-state index in [-0.39, 0.29) is 0 Å². The molecule has 1 aliphatic heterocycles. The molecule has 1 saturated heterocycles. The number of nitrogens with zero attached hydrogens (tertiary/aromatic N) is 1. The zero-order chi connectivity index (χ0) is 12.3. The summed E-state index contributed by atoms with van der Waals surface area (Å²) in [7, 11) is 1.64. The Morgan fingerprint density at radius 3 is 2.76 bits per heavy atom. The first-order valence-electron chi connectivity index (χ1n) is 6.00. The Morgan fingerprint density at radius 2 is 2.12 bits per heavy atom. The molecule has 2 N–H and O–H groups in total. The fraction of sp³-hybridized carbons (Fsp3) is 0.538. The number of rotatable bonds is 3. The maximum absolute atomic E-state index is 6.28. The minimum absolute atomic E-state index is 0.368. The maximum atomic E-state index is 6.28. The molecule has 1 fully saturated rings. The predicted molar refractivity (Wildman–Crippen MR) is 70.5 cm³/mol. The highest BCUT2D eigenvalue weighted by atomic mass is 35.5. The molecule has 1 aliphatic rings. The summed E-state index contributed by atoms with van der Waals surface area (Å²) in [4.78, 5) is 2.39. The Hall–Kier alpha value is -0.770. The topological polar surface area (TPSA) is 38.5 Å². The Bertz CT molecular complexity index is 376. The lowest BCUT2D eigenvalue weighted by molar-refractivity contribution is 0.205. The molecule has 17 heavy (non-hydrogen) atoms. The molecule has 0 unspecified atom stereocenters. The lowest BCUT2D eigenvalue weighted by Gasteiger charge is -2.30. The van der Waals surface area contributed by atoms with Crippen molar-refractivity contribution in [1.29, 1.82) is 0 Å². The zero-order valence-corrected chi connectivity index (χ0v) is 10.9. The van der Waals surface area contributed by atoms with E-state index in [2.05, 4.69) is 11.0 Å². The van der Waals surface area contributed by atoms with Gasteiger partial charge < -0.3 is 10.5 Å². The lowest BCUT2D eigenvalue weighted by Crippen LogP contribution is -2.39. The smallest absolute Gasteiger partial charge is 0.137 e. The standard InChI is InChI=1S/C13H19ClN2O/c1-17-12-4-2-3-10(13(12)14)9-16-7-5-11(15)6-8-16/h2-4,11H,5-9,15H2,1H3. The second-order valence-corrected chi connectivity index (χ2v) is 4.92. The fourth-order valence-corrected chi connectivity index (χ4v) is 2.45. The van der Waals surface area contributed by atoms with Crippen LogP contribution in [-0.2, 0) is 6.54 Å². The van der Waals surface area contributed by atoms with E-state index >= 15 is 0 Å². The van der Waals surface area contributed by atoms with E-state index < -0.39 is 0 Å². The molecular weight excluding hydrogens is 236 g/mol. The molecule has 0 bridgehead atoms. The van der Waals surface area contributed by atoms with Crippen molar-refractivity contribution >= 4 is 11.6 Å².